The lowest BCUT2D eigenvalue weighted by molar-refractivity contribution is -0.130. The van der Waals surface area contributed by atoms with E-state index in [2.05, 4.69) is 37.6 Å². The lowest BCUT2D eigenvalue weighted by Crippen LogP contribution is -2.47. The summed E-state index contributed by atoms with van der Waals surface area (Å²) in [7, 11) is 0. The number of aromatic nitrogens is 2. The zero-order valence-electron chi connectivity index (χ0n) is 17.8. The smallest absolute Gasteiger partial charge is 0.255 e. The standard InChI is InChI=1S/C23H26BrN5O2/c1-3-29-21-8-7-19(25-23(31)17-5-4-6-18(24)13-17)14-20(21)26-22(29)15-27-9-11-28(12-10-27)16(2)30/h4-8,13-14H,3,9-12,15H2,1-2H3,(H,25,31). The number of hydrogen-bond donors (Lipinski definition) is 1. The fraction of sp³-hybridized carbons (Fsp3) is 0.348. The first-order valence-corrected chi connectivity index (χ1v) is 11.3. The highest BCUT2D eigenvalue weighted by Gasteiger charge is 2.21. The Morgan fingerprint density at radius 3 is 2.55 bits per heavy atom. The summed E-state index contributed by atoms with van der Waals surface area (Å²) >= 11 is 3.40. The van der Waals surface area contributed by atoms with E-state index in [0.717, 1.165) is 66.3 Å². The maximum Gasteiger partial charge on any atom is 0.255 e. The van der Waals surface area contributed by atoms with Crippen molar-refractivity contribution in [2.24, 2.45) is 0 Å². The number of hydrogen-bond acceptors (Lipinski definition) is 4. The molecule has 2 heterocycles. The van der Waals surface area contributed by atoms with E-state index in [1.165, 1.54) is 0 Å². The number of aryl methyl sites for hydroxylation is 1. The van der Waals surface area contributed by atoms with E-state index in [1.807, 2.05) is 35.2 Å². The van der Waals surface area contributed by atoms with Gasteiger partial charge in [0.05, 0.1) is 17.6 Å². The molecule has 162 valence electrons. The molecule has 1 N–H and O–H groups in total. The van der Waals surface area contributed by atoms with Crippen LogP contribution < -0.4 is 5.32 Å². The predicted molar refractivity (Wildman–Crippen MR) is 125 cm³/mol. The summed E-state index contributed by atoms with van der Waals surface area (Å²) in [5.74, 6) is 0.987. The first-order chi connectivity index (χ1) is 14.9. The summed E-state index contributed by atoms with van der Waals surface area (Å²) in [5, 5.41) is 2.96. The van der Waals surface area contributed by atoms with Gasteiger partial charge in [-0.1, -0.05) is 22.0 Å². The molecule has 1 aromatic heterocycles. The first kappa shape index (κ1) is 21.5. The van der Waals surface area contributed by atoms with Gasteiger partial charge in [-0.05, 0) is 43.3 Å². The molecule has 7 nitrogen and oxygen atoms in total. The minimum atomic E-state index is -0.154. The van der Waals surface area contributed by atoms with Crippen LogP contribution in [-0.4, -0.2) is 57.3 Å². The highest BCUT2D eigenvalue weighted by atomic mass is 79.9. The quantitative estimate of drug-likeness (QED) is 0.599. The van der Waals surface area contributed by atoms with Crippen molar-refractivity contribution < 1.29 is 9.59 Å². The normalized spacial score (nSPS) is 14.7. The fourth-order valence-electron chi connectivity index (χ4n) is 3.98. The molecule has 8 heteroatoms. The van der Waals surface area contributed by atoms with Crippen LogP contribution in [-0.2, 0) is 17.9 Å². The number of benzene rings is 2. The summed E-state index contributed by atoms with van der Waals surface area (Å²) in [5.41, 5.74) is 3.24. The monoisotopic (exact) mass is 483 g/mol. The molecular formula is C23H26BrN5O2. The number of nitrogens with zero attached hydrogens (tertiary/aromatic N) is 4. The number of anilines is 1. The Labute approximate surface area is 190 Å². The van der Waals surface area contributed by atoms with Crippen LogP contribution in [0.2, 0.25) is 0 Å². The molecule has 1 aliphatic rings. The van der Waals surface area contributed by atoms with Gasteiger partial charge in [0.1, 0.15) is 5.82 Å². The number of carbonyl (C=O) groups excluding carboxylic acids is 2. The van der Waals surface area contributed by atoms with E-state index in [9.17, 15) is 9.59 Å². The van der Waals surface area contributed by atoms with Crippen LogP contribution in [0.15, 0.2) is 46.9 Å². The minimum Gasteiger partial charge on any atom is -0.340 e. The molecule has 2 aromatic carbocycles. The Bertz CT molecular complexity index is 1120. The van der Waals surface area contributed by atoms with Crippen LogP contribution in [0.3, 0.4) is 0 Å². The van der Waals surface area contributed by atoms with Crippen LogP contribution >= 0.6 is 15.9 Å². The summed E-state index contributed by atoms with van der Waals surface area (Å²) in [6.07, 6.45) is 0. The number of piperazine rings is 1. The van der Waals surface area contributed by atoms with E-state index >= 15 is 0 Å². The number of halogens is 1. The number of nitrogens with one attached hydrogen (secondary N) is 1. The van der Waals surface area contributed by atoms with Crippen LogP contribution in [0.25, 0.3) is 11.0 Å². The van der Waals surface area contributed by atoms with Crippen LogP contribution in [0.4, 0.5) is 5.69 Å². The lowest BCUT2D eigenvalue weighted by atomic mass is 10.2. The SMILES string of the molecule is CCn1c(CN2CCN(C(C)=O)CC2)nc2cc(NC(=O)c3cccc(Br)c3)ccc21. The van der Waals surface area contributed by atoms with Gasteiger partial charge in [0.2, 0.25) is 5.91 Å². The van der Waals surface area contributed by atoms with Crippen molar-refractivity contribution in [1.29, 1.82) is 0 Å². The van der Waals surface area contributed by atoms with Crippen LogP contribution in [0.1, 0.15) is 30.0 Å². The molecule has 0 spiro atoms. The number of carbonyl (C=O) groups is 2. The highest BCUT2D eigenvalue weighted by molar-refractivity contribution is 9.10. The molecule has 1 saturated heterocycles. The second-order valence-corrected chi connectivity index (χ2v) is 8.64. The van der Waals surface area contributed by atoms with Gasteiger partial charge in [-0.3, -0.25) is 14.5 Å². The van der Waals surface area contributed by atoms with Crippen LogP contribution in [0, 0.1) is 0 Å². The molecule has 0 atom stereocenters. The van der Waals surface area contributed by atoms with Gasteiger partial charge < -0.3 is 14.8 Å². The van der Waals surface area contributed by atoms with Crippen LogP contribution in [0.5, 0.6) is 0 Å². The second-order valence-electron chi connectivity index (χ2n) is 7.72. The topological polar surface area (TPSA) is 70.5 Å². The molecule has 1 aliphatic heterocycles. The van der Waals surface area contributed by atoms with Crippen molar-refractivity contribution in [1.82, 2.24) is 19.4 Å². The van der Waals surface area contributed by atoms with Gasteiger partial charge in [-0.15, -0.1) is 0 Å². The van der Waals surface area contributed by atoms with Crippen molar-refractivity contribution in [2.75, 3.05) is 31.5 Å². The van der Waals surface area contributed by atoms with Gasteiger partial charge in [0.25, 0.3) is 5.91 Å². The largest absolute Gasteiger partial charge is 0.340 e. The van der Waals surface area contributed by atoms with E-state index in [-0.39, 0.29) is 11.8 Å². The average molecular weight is 484 g/mol. The average Bonchev–Trinajstić information content (AvgIpc) is 3.10. The Hall–Kier alpha value is -2.71. The van der Waals surface area contributed by atoms with E-state index in [1.54, 1.807) is 19.1 Å². The van der Waals surface area contributed by atoms with E-state index in [4.69, 9.17) is 4.98 Å². The molecule has 31 heavy (non-hydrogen) atoms. The summed E-state index contributed by atoms with van der Waals surface area (Å²) < 4.78 is 3.08. The van der Waals surface area contributed by atoms with Crippen molar-refractivity contribution in [3.63, 3.8) is 0 Å². The maximum atomic E-state index is 12.6. The summed E-state index contributed by atoms with van der Waals surface area (Å²) in [6.45, 7) is 8.51. The minimum absolute atomic E-state index is 0.137. The number of rotatable bonds is 5. The van der Waals surface area contributed by atoms with Crippen molar-refractivity contribution >= 4 is 44.5 Å². The molecule has 2 amide bonds. The molecule has 0 unspecified atom stereocenters. The van der Waals surface area contributed by atoms with E-state index in [0.29, 0.717) is 5.56 Å². The highest BCUT2D eigenvalue weighted by Crippen LogP contribution is 2.23. The van der Waals surface area contributed by atoms with Crippen molar-refractivity contribution in [3.8, 4) is 0 Å². The zero-order valence-corrected chi connectivity index (χ0v) is 19.4. The van der Waals surface area contributed by atoms with E-state index < -0.39 is 0 Å². The third-order valence-corrected chi connectivity index (χ3v) is 6.16. The molecule has 0 saturated carbocycles. The van der Waals surface area contributed by atoms with Gasteiger partial charge in [-0.25, -0.2) is 4.98 Å². The third-order valence-electron chi connectivity index (χ3n) is 5.67. The van der Waals surface area contributed by atoms with Crippen molar-refractivity contribution in [2.45, 2.75) is 26.9 Å². The summed E-state index contributed by atoms with van der Waals surface area (Å²) in [6, 6.07) is 13.2. The Morgan fingerprint density at radius 1 is 1.10 bits per heavy atom. The van der Waals surface area contributed by atoms with Gasteiger partial charge >= 0.3 is 0 Å². The molecule has 0 bridgehead atoms. The lowest BCUT2D eigenvalue weighted by Gasteiger charge is -2.33. The second kappa shape index (κ2) is 9.20. The van der Waals surface area contributed by atoms with Gasteiger partial charge in [-0.2, -0.15) is 0 Å². The third kappa shape index (κ3) is 4.80. The Morgan fingerprint density at radius 2 is 1.87 bits per heavy atom. The molecule has 3 aromatic rings. The van der Waals surface area contributed by atoms with Gasteiger partial charge in [0.15, 0.2) is 0 Å². The molecule has 1 fully saturated rings. The maximum absolute atomic E-state index is 12.6. The molecule has 0 aliphatic carbocycles. The first-order valence-electron chi connectivity index (χ1n) is 10.5. The Balaban J connectivity index is 1.51. The molecular weight excluding hydrogens is 458 g/mol. The number of imidazole rings is 1. The predicted octanol–water partition coefficient (Wildman–Crippen LogP) is 3.74. The Kier molecular flexibility index (Phi) is 6.38. The molecule has 0 radical (unpaired) electrons. The number of fused-ring (bicyclic) bond motifs is 1. The zero-order chi connectivity index (χ0) is 22.0. The summed E-state index contributed by atoms with van der Waals surface area (Å²) in [4.78, 5) is 33.2. The fourth-order valence-corrected chi connectivity index (χ4v) is 4.38. The number of amides is 2. The molecule has 4 rings (SSSR count). The van der Waals surface area contributed by atoms with Gasteiger partial charge in [0, 0.05) is 55.4 Å². The van der Waals surface area contributed by atoms with Crippen molar-refractivity contribution in [3.05, 3.63) is 58.3 Å².